The molecule has 0 unspecified atom stereocenters. The second kappa shape index (κ2) is 7.11. The van der Waals surface area contributed by atoms with E-state index in [0.717, 1.165) is 24.0 Å². The molecule has 2 aliphatic carbocycles. The molecule has 2 amide bonds. The van der Waals surface area contributed by atoms with Crippen molar-refractivity contribution in [2.24, 2.45) is 0 Å². The molecule has 3 aromatic rings. The summed E-state index contributed by atoms with van der Waals surface area (Å²) in [5.41, 5.74) is 4.12. The molecule has 2 aliphatic rings. The van der Waals surface area contributed by atoms with Crippen molar-refractivity contribution in [1.82, 2.24) is 5.32 Å². The lowest BCUT2D eigenvalue weighted by molar-refractivity contribution is 0.0950. The second-order valence-electron chi connectivity index (χ2n) is 7.53. The van der Waals surface area contributed by atoms with Crippen LogP contribution in [-0.4, -0.2) is 23.6 Å². The van der Waals surface area contributed by atoms with Crippen LogP contribution >= 0.6 is 11.6 Å². The van der Waals surface area contributed by atoms with Crippen molar-refractivity contribution in [3.63, 3.8) is 0 Å². The van der Waals surface area contributed by atoms with Gasteiger partial charge in [0.05, 0.1) is 10.6 Å². The minimum atomic E-state index is -0.354. The maximum absolute atomic E-state index is 12.7. The molecule has 0 spiro atoms. The first-order valence-electron chi connectivity index (χ1n) is 9.71. The van der Waals surface area contributed by atoms with Gasteiger partial charge in [-0.15, -0.1) is 0 Å². The zero-order valence-corrected chi connectivity index (χ0v) is 16.6. The van der Waals surface area contributed by atoms with Gasteiger partial charge in [0.15, 0.2) is 5.78 Å². The third-order valence-electron chi connectivity index (χ3n) is 5.37. The van der Waals surface area contributed by atoms with Crippen LogP contribution in [-0.2, 0) is 0 Å². The highest BCUT2D eigenvalue weighted by Crippen LogP contribution is 2.36. The Kier molecular flexibility index (Phi) is 4.40. The number of halogens is 1. The van der Waals surface area contributed by atoms with Crippen molar-refractivity contribution in [2.45, 2.75) is 18.9 Å². The van der Waals surface area contributed by atoms with E-state index < -0.39 is 0 Å². The summed E-state index contributed by atoms with van der Waals surface area (Å²) in [5.74, 6) is -0.644. The number of amides is 2. The van der Waals surface area contributed by atoms with Crippen molar-refractivity contribution >= 4 is 34.9 Å². The van der Waals surface area contributed by atoms with Crippen molar-refractivity contribution in [3.05, 3.63) is 87.9 Å². The van der Waals surface area contributed by atoms with Crippen LogP contribution in [0.25, 0.3) is 11.1 Å². The number of hydrogen-bond donors (Lipinski definition) is 2. The van der Waals surface area contributed by atoms with E-state index >= 15 is 0 Å². The lowest BCUT2D eigenvalue weighted by atomic mass is 10.0. The second-order valence-corrected chi connectivity index (χ2v) is 7.94. The van der Waals surface area contributed by atoms with E-state index in [1.807, 2.05) is 18.2 Å². The molecule has 0 aromatic heterocycles. The van der Waals surface area contributed by atoms with Crippen molar-refractivity contribution < 1.29 is 14.4 Å². The highest BCUT2D eigenvalue weighted by Gasteiger charge is 2.27. The summed E-state index contributed by atoms with van der Waals surface area (Å²) >= 11 is 6.25. The molecule has 0 radical (unpaired) electrons. The topological polar surface area (TPSA) is 75.3 Å². The predicted molar refractivity (Wildman–Crippen MR) is 115 cm³/mol. The molecule has 0 heterocycles. The number of benzene rings is 3. The van der Waals surface area contributed by atoms with Crippen molar-refractivity contribution in [3.8, 4) is 11.1 Å². The molecular weight excluding hydrogens is 400 g/mol. The fraction of sp³-hybridized carbons (Fsp3) is 0.125. The maximum Gasteiger partial charge on any atom is 0.255 e. The van der Waals surface area contributed by atoms with Crippen LogP contribution in [0.3, 0.4) is 0 Å². The Bertz CT molecular complexity index is 1230. The average Bonchev–Trinajstić information content (AvgIpc) is 3.52. The SMILES string of the molecule is O=C(Nc1ccc(C(=O)NC2CC2)c(Cl)c1)c1ccc2c(c1)C(=O)c1ccccc1-2. The molecule has 0 bridgehead atoms. The average molecular weight is 417 g/mol. The van der Waals surface area contributed by atoms with Crippen molar-refractivity contribution in [1.29, 1.82) is 0 Å². The summed E-state index contributed by atoms with van der Waals surface area (Å²) in [6, 6.07) is 17.5. The van der Waals surface area contributed by atoms with Gasteiger partial charge >= 0.3 is 0 Å². The first-order chi connectivity index (χ1) is 14.5. The number of ketones is 1. The third kappa shape index (κ3) is 3.27. The number of carbonyl (C=O) groups excluding carboxylic acids is 3. The number of nitrogens with one attached hydrogen (secondary N) is 2. The molecule has 3 aromatic carbocycles. The number of anilines is 1. The molecule has 1 saturated carbocycles. The fourth-order valence-electron chi connectivity index (χ4n) is 3.64. The minimum absolute atomic E-state index is 0.0793. The van der Waals surface area contributed by atoms with Crippen molar-refractivity contribution in [2.75, 3.05) is 5.32 Å². The Morgan fingerprint density at radius 1 is 0.833 bits per heavy atom. The van der Waals surface area contributed by atoms with E-state index in [1.54, 1.807) is 42.5 Å². The standard InChI is InChI=1S/C24H17ClN2O3/c25-21-12-15(8-10-19(21)24(30)26-14-6-7-14)27-23(29)13-5-9-17-16-3-1-2-4-18(16)22(28)20(17)11-13/h1-5,8-12,14H,6-7H2,(H,26,30)(H,27,29). The van der Waals surface area contributed by atoms with E-state index in [0.29, 0.717) is 27.9 Å². The molecule has 2 N–H and O–H groups in total. The van der Waals surface area contributed by atoms with Crippen LogP contribution < -0.4 is 10.6 Å². The minimum Gasteiger partial charge on any atom is -0.349 e. The lowest BCUT2D eigenvalue weighted by Gasteiger charge is -2.10. The van der Waals surface area contributed by atoms with Gasteiger partial charge in [-0.2, -0.15) is 0 Å². The summed E-state index contributed by atoms with van der Waals surface area (Å²) < 4.78 is 0. The zero-order valence-electron chi connectivity index (χ0n) is 15.9. The first kappa shape index (κ1) is 18.6. The van der Waals surface area contributed by atoms with Gasteiger partial charge in [-0.05, 0) is 54.3 Å². The van der Waals surface area contributed by atoms with E-state index in [4.69, 9.17) is 11.6 Å². The Hall–Kier alpha value is -3.44. The van der Waals surface area contributed by atoms with E-state index in [1.165, 1.54) is 0 Å². The molecule has 5 rings (SSSR count). The molecule has 148 valence electrons. The van der Waals surface area contributed by atoms with Gasteiger partial charge in [-0.25, -0.2) is 0 Å². The molecule has 5 nitrogen and oxygen atoms in total. The zero-order chi connectivity index (χ0) is 20.8. The summed E-state index contributed by atoms with van der Waals surface area (Å²) in [6.45, 7) is 0. The number of rotatable bonds is 4. The smallest absolute Gasteiger partial charge is 0.255 e. The summed E-state index contributed by atoms with van der Waals surface area (Å²) in [6.07, 6.45) is 1.98. The molecule has 0 saturated heterocycles. The molecule has 0 aliphatic heterocycles. The normalized spacial score (nSPS) is 14.1. The van der Waals surface area contributed by atoms with E-state index in [-0.39, 0.29) is 28.7 Å². The molecular formula is C24H17ClN2O3. The molecule has 30 heavy (non-hydrogen) atoms. The molecule has 0 atom stereocenters. The third-order valence-corrected chi connectivity index (χ3v) is 5.69. The highest BCUT2D eigenvalue weighted by molar-refractivity contribution is 6.34. The summed E-state index contributed by atoms with van der Waals surface area (Å²) in [7, 11) is 0. The molecule has 6 heteroatoms. The van der Waals surface area contributed by atoms with Crippen LogP contribution in [0.4, 0.5) is 5.69 Å². The highest BCUT2D eigenvalue weighted by atomic mass is 35.5. The van der Waals surface area contributed by atoms with E-state index in [9.17, 15) is 14.4 Å². The quantitative estimate of drug-likeness (QED) is 0.506. The fourth-order valence-corrected chi connectivity index (χ4v) is 3.91. The van der Waals surface area contributed by atoms with Crippen LogP contribution in [0.15, 0.2) is 60.7 Å². The van der Waals surface area contributed by atoms with Gasteiger partial charge < -0.3 is 10.6 Å². The van der Waals surface area contributed by atoms with Gasteiger partial charge in [0, 0.05) is 28.4 Å². The van der Waals surface area contributed by atoms with Crippen LogP contribution in [0.2, 0.25) is 5.02 Å². The summed E-state index contributed by atoms with van der Waals surface area (Å²) in [4.78, 5) is 37.6. The number of fused-ring (bicyclic) bond motifs is 3. The van der Waals surface area contributed by atoms with Crippen LogP contribution in [0.1, 0.15) is 49.5 Å². The number of carbonyl (C=O) groups is 3. The monoisotopic (exact) mass is 416 g/mol. The molecule has 1 fully saturated rings. The van der Waals surface area contributed by atoms with Gasteiger partial charge in [0.1, 0.15) is 0 Å². The van der Waals surface area contributed by atoms with Crippen LogP contribution in [0.5, 0.6) is 0 Å². The van der Waals surface area contributed by atoms with Crippen LogP contribution in [0, 0.1) is 0 Å². The Morgan fingerprint density at radius 2 is 1.57 bits per heavy atom. The van der Waals surface area contributed by atoms with Gasteiger partial charge in [-0.1, -0.05) is 41.9 Å². The lowest BCUT2D eigenvalue weighted by Crippen LogP contribution is -2.25. The van der Waals surface area contributed by atoms with Gasteiger partial charge in [-0.3, -0.25) is 14.4 Å². The predicted octanol–water partition coefficient (Wildman–Crippen LogP) is 4.70. The summed E-state index contributed by atoms with van der Waals surface area (Å²) in [5, 5.41) is 5.94. The van der Waals surface area contributed by atoms with Gasteiger partial charge in [0.2, 0.25) is 0 Å². The Labute approximate surface area is 178 Å². The first-order valence-corrected chi connectivity index (χ1v) is 10.1. The maximum atomic E-state index is 12.7. The van der Waals surface area contributed by atoms with E-state index in [2.05, 4.69) is 10.6 Å². The Balaban J connectivity index is 1.36. The Morgan fingerprint density at radius 3 is 2.30 bits per heavy atom. The number of hydrogen-bond acceptors (Lipinski definition) is 3. The van der Waals surface area contributed by atoms with Gasteiger partial charge in [0.25, 0.3) is 11.8 Å². The largest absolute Gasteiger partial charge is 0.349 e.